The third-order valence-electron chi connectivity index (χ3n) is 4.58. The molecule has 0 aliphatic carbocycles. The number of amides is 1. The number of hydrogen-bond acceptors (Lipinski definition) is 6. The normalized spacial score (nSPS) is 15.3. The average molecular weight is 390 g/mol. The first-order valence-electron chi connectivity index (χ1n) is 9.55. The molecule has 1 aliphatic rings. The fourth-order valence-corrected chi connectivity index (χ4v) is 3.28. The highest BCUT2D eigenvalue weighted by molar-refractivity contribution is 5.93. The van der Waals surface area contributed by atoms with Crippen LogP contribution >= 0.6 is 0 Å². The van der Waals surface area contributed by atoms with E-state index in [4.69, 9.17) is 9.47 Å². The van der Waals surface area contributed by atoms with Gasteiger partial charge in [-0.3, -0.25) is 9.78 Å². The number of aromatic nitrogens is 3. The van der Waals surface area contributed by atoms with Crippen molar-refractivity contribution in [1.82, 2.24) is 20.3 Å². The summed E-state index contributed by atoms with van der Waals surface area (Å²) >= 11 is 0. The first-order valence-corrected chi connectivity index (χ1v) is 9.55. The fraction of sp³-hybridized carbons (Fsp3) is 0.273. The Labute approximate surface area is 169 Å². The molecule has 0 saturated heterocycles. The first kappa shape index (κ1) is 18.9. The Hall–Kier alpha value is -3.48. The zero-order valence-corrected chi connectivity index (χ0v) is 16.3. The van der Waals surface area contributed by atoms with Crippen molar-refractivity contribution in [2.24, 2.45) is 0 Å². The van der Waals surface area contributed by atoms with Crippen LogP contribution in [0.3, 0.4) is 0 Å². The second-order valence-electron chi connectivity index (χ2n) is 7.12. The van der Waals surface area contributed by atoms with Crippen molar-refractivity contribution in [3.05, 3.63) is 66.2 Å². The zero-order chi connectivity index (χ0) is 20.2. The highest BCUT2D eigenvalue weighted by atomic mass is 16.5. The van der Waals surface area contributed by atoms with Gasteiger partial charge in [-0.25, -0.2) is 9.97 Å². The maximum Gasteiger partial charge on any atom is 0.316 e. The molecule has 0 radical (unpaired) electrons. The minimum absolute atomic E-state index is 0.0243. The van der Waals surface area contributed by atoms with Gasteiger partial charge in [-0.2, -0.15) is 0 Å². The van der Waals surface area contributed by atoms with Crippen molar-refractivity contribution >= 4 is 5.91 Å². The molecule has 29 heavy (non-hydrogen) atoms. The van der Waals surface area contributed by atoms with E-state index in [1.807, 2.05) is 38.1 Å². The summed E-state index contributed by atoms with van der Waals surface area (Å²) in [5.74, 6) is 0.614. The molecule has 0 unspecified atom stereocenters. The molecule has 4 rings (SSSR count). The zero-order valence-electron chi connectivity index (χ0n) is 16.3. The van der Waals surface area contributed by atoms with Gasteiger partial charge in [-0.1, -0.05) is 12.1 Å². The van der Waals surface area contributed by atoms with Gasteiger partial charge in [0.05, 0.1) is 17.7 Å². The summed E-state index contributed by atoms with van der Waals surface area (Å²) in [5, 5.41) is 3.02. The smallest absolute Gasteiger partial charge is 0.316 e. The van der Waals surface area contributed by atoms with Crippen LogP contribution in [0.4, 0.5) is 0 Å². The Morgan fingerprint density at radius 2 is 1.93 bits per heavy atom. The molecule has 0 saturated carbocycles. The molecule has 3 aromatic rings. The number of ether oxygens (including phenoxy) is 2. The summed E-state index contributed by atoms with van der Waals surface area (Å²) in [6.45, 7) is 4.20. The SMILES string of the molecule is CC(C)Oc1ncc(C(=O)N[C@@H]2COc3cccc(-c4ccncc4)c3C2)cn1. The maximum absolute atomic E-state index is 12.6. The number of benzene rings is 1. The topological polar surface area (TPSA) is 86.2 Å². The van der Waals surface area contributed by atoms with E-state index in [9.17, 15) is 4.79 Å². The average Bonchev–Trinajstić information content (AvgIpc) is 2.74. The Morgan fingerprint density at radius 3 is 2.66 bits per heavy atom. The predicted molar refractivity (Wildman–Crippen MR) is 108 cm³/mol. The molecule has 1 aliphatic heterocycles. The molecule has 1 atom stereocenters. The number of rotatable bonds is 5. The Kier molecular flexibility index (Phi) is 5.37. The third-order valence-corrected chi connectivity index (χ3v) is 4.58. The lowest BCUT2D eigenvalue weighted by Gasteiger charge is -2.28. The molecule has 148 valence electrons. The number of pyridine rings is 1. The molecular weight excluding hydrogens is 368 g/mol. The van der Waals surface area contributed by atoms with Crippen LogP contribution in [0.2, 0.25) is 0 Å². The first-order chi connectivity index (χ1) is 14.1. The molecule has 1 N–H and O–H groups in total. The molecule has 7 heteroatoms. The van der Waals surface area contributed by atoms with Crippen LogP contribution in [0.25, 0.3) is 11.1 Å². The minimum Gasteiger partial charge on any atom is -0.491 e. The Balaban J connectivity index is 1.48. The van der Waals surface area contributed by atoms with Crippen LogP contribution in [0.5, 0.6) is 11.8 Å². The number of nitrogens with one attached hydrogen (secondary N) is 1. The maximum atomic E-state index is 12.6. The van der Waals surface area contributed by atoms with Gasteiger partial charge in [0.1, 0.15) is 12.4 Å². The molecule has 1 aromatic carbocycles. The summed E-state index contributed by atoms with van der Waals surface area (Å²) < 4.78 is 11.3. The van der Waals surface area contributed by atoms with E-state index in [0.29, 0.717) is 18.6 Å². The van der Waals surface area contributed by atoms with Gasteiger partial charge in [0.15, 0.2) is 0 Å². The quantitative estimate of drug-likeness (QED) is 0.721. The summed E-state index contributed by atoms with van der Waals surface area (Å²) in [5.41, 5.74) is 3.62. The monoisotopic (exact) mass is 390 g/mol. The van der Waals surface area contributed by atoms with Gasteiger partial charge in [0.25, 0.3) is 5.91 Å². The van der Waals surface area contributed by atoms with E-state index in [1.54, 1.807) is 12.4 Å². The number of fused-ring (bicyclic) bond motifs is 1. The van der Waals surface area contributed by atoms with Crippen LogP contribution in [-0.4, -0.2) is 39.6 Å². The van der Waals surface area contributed by atoms with Crippen LogP contribution in [-0.2, 0) is 6.42 Å². The van der Waals surface area contributed by atoms with E-state index in [-0.39, 0.29) is 24.1 Å². The van der Waals surface area contributed by atoms with Crippen LogP contribution in [0.15, 0.2) is 55.1 Å². The van der Waals surface area contributed by atoms with E-state index < -0.39 is 0 Å². The molecule has 7 nitrogen and oxygen atoms in total. The number of nitrogens with zero attached hydrogens (tertiary/aromatic N) is 3. The van der Waals surface area contributed by atoms with Crippen LogP contribution < -0.4 is 14.8 Å². The van der Waals surface area contributed by atoms with Crippen molar-refractivity contribution < 1.29 is 14.3 Å². The Morgan fingerprint density at radius 1 is 1.17 bits per heavy atom. The number of carbonyl (C=O) groups excluding carboxylic acids is 1. The van der Waals surface area contributed by atoms with Crippen molar-refractivity contribution in [3.63, 3.8) is 0 Å². The van der Waals surface area contributed by atoms with E-state index in [2.05, 4.69) is 26.3 Å². The van der Waals surface area contributed by atoms with Gasteiger partial charge >= 0.3 is 6.01 Å². The van der Waals surface area contributed by atoms with Crippen molar-refractivity contribution in [2.75, 3.05) is 6.61 Å². The third kappa shape index (κ3) is 4.34. The summed E-state index contributed by atoms with van der Waals surface area (Å²) in [4.78, 5) is 24.9. The minimum atomic E-state index is -0.237. The van der Waals surface area contributed by atoms with Gasteiger partial charge in [-0.15, -0.1) is 0 Å². The number of hydrogen-bond donors (Lipinski definition) is 1. The molecule has 0 spiro atoms. The molecule has 0 bridgehead atoms. The molecular formula is C22H22N4O3. The highest BCUT2D eigenvalue weighted by Gasteiger charge is 2.24. The number of carbonyl (C=O) groups is 1. The van der Waals surface area contributed by atoms with Gasteiger partial charge in [-0.05, 0) is 43.2 Å². The molecule has 2 aromatic heterocycles. The lowest BCUT2D eigenvalue weighted by Crippen LogP contribution is -2.43. The second kappa shape index (κ2) is 8.26. The Bertz CT molecular complexity index is 991. The van der Waals surface area contributed by atoms with E-state index in [1.165, 1.54) is 12.4 Å². The standard InChI is InChI=1S/C22H22N4O3/c1-14(2)29-22-24-11-16(12-25-22)21(27)26-17-10-19-18(15-6-8-23-9-7-15)4-3-5-20(19)28-13-17/h3-9,11-12,14,17H,10,13H2,1-2H3,(H,26,27)/t17-/m0/s1. The molecule has 0 fully saturated rings. The largest absolute Gasteiger partial charge is 0.491 e. The summed E-state index contributed by atoms with van der Waals surface area (Å²) in [6.07, 6.45) is 7.13. The van der Waals surface area contributed by atoms with Crippen molar-refractivity contribution in [1.29, 1.82) is 0 Å². The van der Waals surface area contributed by atoms with Gasteiger partial charge in [0.2, 0.25) is 0 Å². The van der Waals surface area contributed by atoms with Crippen LogP contribution in [0.1, 0.15) is 29.8 Å². The van der Waals surface area contributed by atoms with E-state index >= 15 is 0 Å². The van der Waals surface area contributed by atoms with E-state index in [0.717, 1.165) is 22.4 Å². The van der Waals surface area contributed by atoms with Crippen molar-refractivity contribution in [3.8, 4) is 22.9 Å². The molecule has 1 amide bonds. The fourth-order valence-electron chi connectivity index (χ4n) is 3.28. The molecule has 3 heterocycles. The summed E-state index contributed by atoms with van der Waals surface area (Å²) in [6, 6.07) is 10.0. The lowest BCUT2D eigenvalue weighted by atomic mass is 9.93. The van der Waals surface area contributed by atoms with Gasteiger partial charge < -0.3 is 14.8 Å². The highest BCUT2D eigenvalue weighted by Crippen LogP contribution is 2.34. The predicted octanol–water partition coefficient (Wildman–Crippen LogP) is 3.06. The van der Waals surface area contributed by atoms with Gasteiger partial charge in [0, 0.05) is 36.8 Å². The summed E-state index contributed by atoms with van der Waals surface area (Å²) in [7, 11) is 0. The lowest BCUT2D eigenvalue weighted by molar-refractivity contribution is 0.0914. The van der Waals surface area contributed by atoms with Crippen molar-refractivity contribution in [2.45, 2.75) is 32.4 Å². The van der Waals surface area contributed by atoms with Crippen LogP contribution in [0, 0.1) is 0 Å². The second-order valence-corrected chi connectivity index (χ2v) is 7.12.